The van der Waals surface area contributed by atoms with Gasteiger partial charge in [0.05, 0.1) is 13.0 Å². The summed E-state index contributed by atoms with van der Waals surface area (Å²) in [5.41, 5.74) is 3.44. The maximum absolute atomic E-state index is 12.4. The van der Waals surface area contributed by atoms with Crippen LogP contribution in [0.3, 0.4) is 0 Å². The van der Waals surface area contributed by atoms with E-state index in [-0.39, 0.29) is 11.8 Å². The lowest BCUT2D eigenvalue weighted by Gasteiger charge is -2.31. The molecule has 1 amide bonds. The lowest BCUT2D eigenvalue weighted by Crippen LogP contribution is -2.42. The van der Waals surface area contributed by atoms with Crippen LogP contribution in [0.4, 0.5) is 5.69 Å². The van der Waals surface area contributed by atoms with Crippen LogP contribution in [-0.4, -0.2) is 19.0 Å². The lowest BCUT2D eigenvalue weighted by atomic mass is 9.87. The zero-order valence-corrected chi connectivity index (χ0v) is 14.9. The molecule has 0 radical (unpaired) electrons. The van der Waals surface area contributed by atoms with E-state index >= 15 is 0 Å². The van der Waals surface area contributed by atoms with Gasteiger partial charge in [-0.15, -0.1) is 0 Å². The van der Waals surface area contributed by atoms with E-state index in [0.717, 1.165) is 28.3 Å². The highest BCUT2D eigenvalue weighted by atomic mass is 16.5. The standard InChI is InChI=1S/C20H22N4O2/c1-5-6-12(2)16-11-17-13(3)21-20(24-18(17)23-19(16)25)22-14-7-9-15(26-4)10-8-14/h5-10,16H,1,3,11H2,2,4H3,(H,23,25)(H2,21,22,24)/b12-6+. The van der Waals surface area contributed by atoms with E-state index in [4.69, 9.17) is 4.74 Å². The summed E-state index contributed by atoms with van der Waals surface area (Å²) in [6.45, 7) is 9.70. The smallest absolute Gasteiger partial charge is 0.233 e. The van der Waals surface area contributed by atoms with Crippen molar-refractivity contribution in [2.75, 3.05) is 12.4 Å². The molecule has 6 nitrogen and oxygen atoms in total. The SMILES string of the molecule is C=C/C=C(\C)C1CC2=C(N=C(Nc3ccc(OC)cc3)NC2=C)NC1=O. The molecular weight excluding hydrogens is 328 g/mol. The van der Waals surface area contributed by atoms with Gasteiger partial charge in [0.2, 0.25) is 11.9 Å². The molecule has 134 valence electrons. The average molecular weight is 350 g/mol. The number of rotatable bonds is 4. The number of hydrogen-bond donors (Lipinski definition) is 3. The Hall–Kier alpha value is -3.28. The number of nitrogens with one attached hydrogen (secondary N) is 3. The molecule has 0 saturated carbocycles. The fourth-order valence-corrected chi connectivity index (χ4v) is 2.93. The first-order chi connectivity index (χ1) is 12.5. The van der Waals surface area contributed by atoms with Crippen LogP contribution in [0.15, 0.2) is 77.2 Å². The lowest BCUT2D eigenvalue weighted by molar-refractivity contribution is -0.123. The summed E-state index contributed by atoms with van der Waals surface area (Å²) in [5.74, 6) is 1.52. The van der Waals surface area contributed by atoms with Crippen LogP contribution in [0.1, 0.15) is 13.3 Å². The molecular formula is C20H22N4O2. The Morgan fingerprint density at radius 1 is 1.35 bits per heavy atom. The molecule has 2 aliphatic rings. The van der Waals surface area contributed by atoms with E-state index < -0.39 is 0 Å². The molecule has 1 aromatic carbocycles. The van der Waals surface area contributed by atoms with Crippen molar-refractivity contribution in [3.63, 3.8) is 0 Å². The Labute approximate surface area is 153 Å². The second-order valence-corrected chi connectivity index (χ2v) is 6.14. The molecule has 3 N–H and O–H groups in total. The third-order valence-electron chi connectivity index (χ3n) is 4.39. The predicted octanol–water partition coefficient (Wildman–Crippen LogP) is 3.06. The van der Waals surface area contributed by atoms with Crippen molar-refractivity contribution in [1.29, 1.82) is 0 Å². The first-order valence-electron chi connectivity index (χ1n) is 8.31. The number of carbonyl (C=O) groups is 1. The third-order valence-corrected chi connectivity index (χ3v) is 4.39. The van der Waals surface area contributed by atoms with Gasteiger partial charge in [-0.2, -0.15) is 4.99 Å². The minimum atomic E-state index is -0.239. The number of aliphatic imine (C=N–C) groups is 1. The molecule has 6 heteroatoms. The Bertz CT molecular complexity index is 847. The second kappa shape index (κ2) is 7.31. The fraction of sp³-hybridized carbons (Fsp3) is 0.200. The molecule has 0 saturated heterocycles. The highest BCUT2D eigenvalue weighted by Gasteiger charge is 2.32. The maximum Gasteiger partial charge on any atom is 0.233 e. The summed E-state index contributed by atoms with van der Waals surface area (Å²) in [7, 11) is 1.62. The fourth-order valence-electron chi connectivity index (χ4n) is 2.93. The summed E-state index contributed by atoms with van der Waals surface area (Å²) in [6, 6.07) is 7.48. The number of guanidine groups is 1. The van der Waals surface area contributed by atoms with Crippen molar-refractivity contribution in [3.8, 4) is 5.75 Å². The van der Waals surface area contributed by atoms with Crippen LogP contribution < -0.4 is 20.7 Å². The molecule has 3 rings (SSSR count). The first-order valence-corrected chi connectivity index (χ1v) is 8.31. The highest BCUT2D eigenvalue weighted by Crippen LogP contribution is 2.31. The number of anilines is 1. The minimum absolute atomic E-state index is 0.0680. The number of ether oxygens (including phenoxy) is 1. The van der Waals surface area contributed by atoms with E-state index in [1.54, 1.807) is 13.2 Å². The van der Waals surface area contributed by atoms with Gasteiger partial charge in [-0.05, 0) is 37.6 Å². The van der Waals surface area contributed by atoms with Gasteiger partial charge < -0.3 is 20.7 Å². The zero-order chi connectivity index (χ0) is 18.7. The van der Waals surface area contributed by atoms with Gasteiger partial charge in [-0.1, -0.05) is 30.9 Å². The third kappa shape index (κ3) is 3.54. The van der Waals surface area contributed by atoms with Crippen molar-refractivity contribution >= 4 is 17.6 Å². The Morgan fingerprint density at radius 3 is 2.73 bits per heavy atom. The van der Waals surface area contributed by atoms with Gasteiger partial charge in [-0.25, -0.2) is 0 Å². The van der Waals surface area contributed by atoms with E-state index in [9.17, 15) is 4.79 Å². The van der Waals surface area contributed by atoms with Crippen LogP contribution in [0.2, 0.25) is 0 Å². The summed E-state index contributed by atoms with van der Waals surface area (Å²) in [5, 5.41) is 9.23. The Balaban J connectivity index is 1.82. The van der Waals surface area contributed by atoms with E-state index in [0.29, 0.717) is 18.2 Å². The number of allylic oxidation sites excluding steroid dienone is 3. The molecule has 0 bridgehead atoms. The molecule has 2 heterocycles. The summed E-state index contributed by atoms with van der Waals surface area (Å²) in [6.07, 6.45) is 4.10. The Morgan fingerprint density at radius 2 is 2.08 bits per heavy atom. The number of amides is 1. The van der Waals surface area contributed by atoms with Crippen LogP contribution in [-0.2, 0) is 4.79 Å². The number of nitrogens with zero attached hydrogens (tertiary/aromatic N) is 1. The maximum atomic E-state index is 12.4. The molecule has 0 aromatic heterocycles. The van der Waals surface area contributed by atoms with Gasteiger partial charge in [0, 0.05) is 17.0 Å². The molecule has 0 fully saturated rings. The van der Waals surface area contributed by atoms with Crippen molar-refractivity contribution in [3.05, 3.63) is 72.2 Å². The molecule has 2 aliphatic heterocycles. The van der Waals surface area contributed by atoms with Crippen molar-refractivity contribution < 1.29 is 9.53 Å². The van der Waals surface area contributed by atoms with Gasteiger partial charge in [0.15, 0.2) is 0 Å². The number of methoxy groups -OCH3 is 1. The van der Waals surface area contributed by atoms with E-state index in [2.05, 4.69) is 34.1 Å². The topological polar surface area (TPSA) is 74.8 Å². The summed E-state index contributed by atoms with van der Waals surface area (Å²) < 4.78 is 5.15. The van der Waals surface area contributed by atoms with Crippen LogP contribution in [0.25, 0.3) is 0 Å². The molecule has 26 heavy (non-hydrogen) atoms. The minimum Gasteiger partial charge on any atom is -0.497 e. The van der Waals surface area contributed by atoms with Crippen LogP contribution in [0, 0.1) is 5.92 Å². The number of hydrogen-bond acceptors (Lipinski definition) is 5. The normalized spacial score (nSPS) is 19.8. The van der Waals surface area contributed by atoms with Crippen molar-refractivity contribution in [1.82, 2.24) is 10.6 Å². The largest absolute Gasteiger partial charge is 0.497 e. The molecule has 1 atom stereocenters. The predicted molar refractivity (Wildman–Crippen MR) is 104 cm³/mol. The molecule has 1 unspecified atom stereocenters. The number of benzene rings is 1. The summed E-state index contributed by atoms with van der Waals surface area (Å²) >= 11 is 0. The van der Waals surface area contributed by atoms with Gasteiger partial charge in [0.1, 0.15) is 11.6 Å². The van der Waals surface area contributed by atoms with Crippen LogP contribution >= 0.6 is 0 Å². The number of carbonyl (C=O) groups excluding carboxylic acids is 1. The molecule has 0 aliphatic carbocycles. The monoisotopic (exact) mass is 350 g/mol. The highest BCUT2D eigenvalue weighted by molar-refractivity contribution is 5.98. The molecule has 1 aromatic rings. The van der Waals surface area contributed by atoms with E-state index in [1.165, 1.54) is 0 Å². The summed E-state index contributed by atoms with van der Waals surface area (Å²) in [4.78, 5) is 16.9. The Kier molecular flexibility index (Phi) is 4.93. The van der Waals surface area contributed by atoms with E-state index in [1.807, 2.05) is 37.3 Å². The average Bonchev–Trinajstić information content (AvgIpc) is 2.62. The van der Waals surface area contributed by atoms with Crippen molar-refractivity contribution in [2.45, 2.75) is 13.3 Å². The first kappa shape index (κ1) is 17.5. The van der Waals surface area contributed by atoms with Gasteiger partial charge in [0.25, 0.3) is 0 Å². The van der Waals surface area contributed by atoms with Gasteiger partial charge >= 0.3 is 0 Å². The van der Waals surface area contributed by atoms with Crippen molar-refractivity contribution in [2.24, 2.45) is 10.9 Å². The molecule has 0 spiro atoms. The van der Waals surface area contributed by atoms with Gasteiger partial charge in [-0.3, -0.25) is 4.79 Å². The quantitative estimate of drug-likeness (QED) is 0.730. The second-order valence-electron chi connectivity index (χ2n) is 6.14. The van der Waals surface area contributed by atoms with Crippen LogP contribution in [0.5, 0.6) is 5.75 Å². The zero-order valence-electron chi connectivity index (χ0n) is 14.9.